The van der Waals surface area contributed by atoms with Crippen molar-refractivity contribution in [1.29, 1.82) is 0 Å². The van der Waals surface area contributed by atoms with E-state index in [9.17, 15) is 4.79 Å². The zero-order valence-electron chi connectivity index (χ0n) is 10.5. The van der Waals surface area contributed by atoms with Gasteiger partial charge in [-0.2, -0.15) is 0 Å². The molecule has 0 saturated carbocycles. The Morgan fingerprint density at radius 2 is 2.06 bits per heavy atom. The summed E-state index contributed by atoms with van der Waals surface area (Å²) in [5, 5.41) is 2.93. The van der Waals surface area contributed by atoms with Gasteiger partial charge in [0.05, 0.1) is 11.6 Å². The Labute approximate surface area is 101 Å². The number of nitrogens with two attached hydrogens (primary N) is 1. The van der Waals surface area contributed by atoms with Gasteiger partial charge < -0.3 is 11.1 Å². The maximum atomic E-state index is 11.7. The molecule has 0 radical (unpaired) electrons. The van der Waals surface area contributed by atoms with Crippen molar-refractivity contribution in [1.82, 2.24) is 5.32 Å². The van der Waals surface area contributed by atoms with Crippen LogP contribution in [-0.2, 0) is 4.79 Å². The Morgan fingerprint density at radius 1 is 1.50 bits per heavy atom. The van der Waals surface area contributed by atoms with Crippen molar-refractivity contribution in [2.45, 2.75) is 46.2 Å². The second-order valence-electron chi connectivity index (χ2n) is 4.79. The standard InChI is InChI=1S/C12H20N2OS/c1-7-6-10(9(3)16-7)8(2)14-11(15)12(4,5)13/h6,8H,13H2,1-5H3,(H,14,15). The lowest BCUT2D eigenvalue weighted by atomic mass is 10.0. The van der Waals surface area contributed by atoms with Crippen LogP contribution < -0.4 is 11.1 Å². The first kappa shape index (κ1) is 13.2. The Morgan fingerprint density at radius 3 is 2.44 bits per heavy atom. The number of nitrogens with one attached hydrogen (secondary N) is 1. The minimum absolute atomic E-state index is 0.0141. The van der Waals surface area contributed by atoms with E-state index in [0.29, 0.717) is 0 Å². The normalized spacial score (nSPS) is 13.6. The summed E-state index contributed by atoms with van der Waals surface area (Å²) >= 11 is 1.75. The minimum Gasteiger partial charge on any atom is -0.348 e. The predicted octanol–water partition coefficient (Wildman–Crippen LogP) is 2.28. The van der Waals surface area contributed by atoms with E-state index in [0.717, 1.165) is 0 Å². The summed E-state index contributed by atoms with van der Waals surface area (Å²) in [6, 6.07) is 2.13. The van der Waals surface area contributed by atoms with Gasteiger partial charge in [-0.05, 0) is 46.2 Å². The van der Waals surface area contributed by atoms with Gasteiger partial charge in [-0.25, -0.2) is 0 Å². The fourth-order valence-corrected chi connectivity index (χ4v) is 2.56. The summed E-state index contributed by atoms with van der Waals surface area (Å²) < 4.78 is 0. The lowest BCUT2D eigenvalue weighted by molar-refractivity contribution is -0.125. The fourth-order valence-electron chi connectivity index (χ4n) is 1.54. The van der Waals surface area contributed by atoms with Crippen LogP contribution in [0.25, 0.3) is 0 Å². The maximum Gasteiger partial charge on any atom is 0.239 e. The van der Waals surface area contributed by atoms with E-state index in [-0.39, 0.29) is 11.9 Å². The highest BCUT2D eigenvalue weighted by atomic mass is 32.1. The first-order chi connectivity index (χ1) is 7.21. The molecule has 1 aromatic heterocycles. The van der Waals surface area contributed by atoms with E-state index in [2.05, 4.69) is 25.2 Å². The Balaban J connectivity index is 2.77. The summed E-state index contributed by atoms with van der Waals surface area (Å²) in [7, 11) is 0. The SMILES string of the molecule is Cc1cc(C(C)NC(=O)C(C)(C)N)c(C)s1. The minimum atomic E-state index is -0.826. The van der Waals surface area contributed by atoms with Crippen LogP contribution in [0.3, 0.4) is 0 Å². The van der Waals surface area contributed by atoms with Crippen LogP contribution in [0.5, 0.6) is 0 Å². The second-order valence-corrected chi connectivity index (χ2v) is 6.25. The Bertz CT molecular complexity index is 390. The van der Waals surface area contributed by atoms with E-state index in [4.69, 9.17) is 5.73 Å². The number of rotatable bonds is 3. The number of thiophene rings is 1. The smallest absolute Gasteiger partial charge is 0.239 e. The third kappa shape index (κ3) is 3.06. The third-order valence-electron chi connectivity index (χ3n) is 2.48. The Kier molecular flexibility index (Phi) is 3.76. The zero-order valence-corrected chi connectivity index (χ0v) is 11.4. The molecule has 0 aliphatic carbocycles. The first-order valence-electron chi connectivity index (χ1n) is 5.38. The van der Waals surface area contributed by atoms with E-state index >= 15 is 0 Å². The van der Waals surface area contributed by atoms with Crippen LogP contribution in [-0.4, -0.2) is 11.4 Å². The number of aryl methyl sites for hydroxylation is 2. The van der Waals surface area contributed by atoms with Gasteiger partial charge >= 0.3 is 0 Å². The number of hydrogen-bond acceptors (Lipinski definition) is 3. The van der Waals surface area contributed by atoms with Crippen molar-refractivity contribution in [2.24, 2.45) is 5.73 Å². The highest BCUT2D eigenvalue weighted by molar-refractivity contribution is 7.12. The summed E-state index contributed by atoms with van der Waals surface area (Å²) in [6.07, 6.45) is 0. The topological polar surface area (TPSA) is 55.1 Å². The average molecular weight is 240 g/mol. The molecule has 0 aromatic carbocycles. The molecular weight excluding hydrogens is 220 g/mol. The van der Waals surface area contributed by atoms with Crippen molar-refractivity contribution in [3.05, 3.63) is 21.4 Å². The summed E-state index contributed by atoms with van der Waals surface area (Å²) in [5.41, 5.74) is 6.09. The molecule has 0 aliphatic rings. The van der Waals surface area contributed by atoms with Crippen LogP contribution in [0.15, 0.2) is 6.07 Å². The first-order valence-corrected chi connectivity index (χ1v) is 6.20. The maximum absolute atomic E-state index is 11.7. The van der Waals surface area contributed by atoms with Crippen LogP contribution in [0.4, 0.5) is 0 Å². The largest absolute Gasteiger partial charge is 0.348 e. The number of carbonyl (C=O) groups excluding carboxylic acids is 1. The van der Waals surface area contributed by atoms with Gasteiger partial charge in [0.15, 0.2) is 0 Å². The van der Waals surface area contributed by atoms with Gasteiger partial charge in [0.25, 0.3) is 0 Å². The van der Waals surface area contributed by atoms with Crippen molar-refractivity contribution in [2.75, 3.05) is 0 Å². The van der Waals surface area contributed by atoms with Gasteiger partial charge in [0.1, 0.15) is 0 Å². The molecule has 0 bridgehead atoms. The highest BCUT2D eigenvalue weighted by Crippen LogP contribution is 2.26. The Hall–Kier alpha value is -0.870. The molecule has 1 heterocycles. The quantitative estimate of drug-likeness (QED) is 0.851. The monoisotopic (exact) mass is 240 g/mol. The van der Waals surface area contributed by atoms with Crippen molar-refractivity contribution in [3.63, 3.8) is 0 Å². The zero-order chi connectivity index (χ0) is 12.5. The van der Waals surface area contributed by atoms with E-state index < -0.39 is 5.54 Å². The van der Waals surface area contributed by atoms with Gasteiger partial charge in [-0.3, -0.25) is 4.79 Å². The summed E-state index contributed by atoms with van der Waals surface area (Å²) in [4.78, 5) is 14.2. The molecule has 1 rings (SSSR count). The second kappa shape index (κ2) is 4.55. The molecular formula is C12H20N2OS. The van der Waals surface area contributed by atoms with Crippen LogP contribution >= 0.6 is 11.3 Å². The van der Waals surface area contributed by atoms with Crippen molar-refractivity contribution < 1.29 is 4.79 Å². The molecule has 3 nitrogen and oxygen atoms in total. The van der Waals surface area contributed by atoms with E-state index in [1.54, 1.807) is 25.2 Å². The average Bonchev–Trinajstić information content (AvgIpc) is 2.43. The van der Waals surface area contributed by atoms with Crippen molar-refractivity contribution >= 4 is 17.2 Å². The molecule has 16 heavy (non-hydrogen) atoms. The number of hydrogen-bond donors (Lipinski definition) is 2. The molecule has 0 spiro atoms. The fraction of sp³-hybridized carbons (Fsp3) is 0.583. The van der Waals surface area contributed by atoms with Gasteiger partial charge in [-0.1, -0.05) is 0 Å². The number of carbonyl (C=O) groups is 1. The molecule has 4 heteroatoms. The molecule has 1 aromatic rings. The summed E-state index contributed by atoms with van der Waals surface area (Å²) in [5.74, 6) is -0.122. The molecule has 0 saturated heterocycles. The predicted molar refractivity (Wildman–Crippen MR) is 68.6 cm³/mol. The molecule has 0 aliphatic heterocycles. The van der Waals surface area contributed by atoms with Crippen LogP contribution in [0.2, 0.25) is 0 Å². The lowest BCUT2D eigenvalue weighted by Gasteiger charge is -2.22. The molecule has 1 atom stereocenters. The van der Waals surface area contributed by atoms with Crippen LogP contribution in [0.1, 0.15) is 42.1 Å². The molecule has 90 valence electrons. The van der Waals surface area contributed by atoms with E-state index in [1.807, 2.05) is 6.92 Å². The molecule has 0 fully saturated rings. The van der Waals surface area contributed by atoms with Gasteiger partial charge in [0.2, 0.25) is 5.91 Å². The number of amides is 1. The molecule has 1 amide bonds. The molecule has 3 N–H and O–H groups in total. The third-order valence-corrected chi connectivity index (χ3v) is 3.46. The summed E-state index contributed by atoms with van der Waals surface area (Å²) in [6.45, 7) is 9.55. The highest BCUT2D eigenvalue weighted by Gasteiger charge is 2.24. The van der Waals surface area contributed by atoms with Gasteiger partial charge in [0, 0.05) is 9.75 Å². The lowest BCUT2D eigenvalue weighted by Crippen LogP contribution is -2.49. The van der Waals surface area contributed by atoms with Gasteiger partial charge in [-0.15, -0.1) is 11.3 Å². The van der Waals surface area contributed by atoms with E-state index in [1.165, 1.54) is 15.3 Å². The molecule has 1 unspecified atom stereocenters. The van der Waals surface area contributed by atoms with Crippen LogP contribution in [0, 0.1) is 13.8 Å². The van der Waals surface area contributed by atoms with Crippen molar-refractivity contribution in [3.8, 4) is 0 Å².